The van der Waals surface area contributed by atoms with Crippen molar-refractivity contribution in [2.24, 2.45) is 11.8 Å². The number of hydrazine groups is 1. The standard InChI is InChI=1S/C17H28N2O2/c1-20-15-10-14(11-16(12-15)21-2)17(19-18)9-8-13-6-4-3-5-7-13/h10-13,17,19H,3-9,18H2,1-2H3. The summed E-state index contributed by atoms with van der Waals surface area (Å²) in [6.45, 7) is 0. The number of methoxy groups -OCH3 is 2. The molecule has 1 aliphatic rings. The van der Waals surface area contributed by atoms with Crippen LogP contribution in [0.15, 0.2) is 18.2 Å². The molecular formula is C17H28N2O2. The Labute approximate surface area is 128 Å². The molecule has 1 unspecified atom stereocenters. The van der Waals surface area contributed by atoms with Crippen LogP contribution >= 0.6 is 0 Å². The van der Waals surface area contributed by atoms with E-state index >= 15 is 0 Å². The van der Waals surface area contributed by atoms with E-state index in [1.807, 2.05) is 18.2 Å². The van der Waals surface area contributed by atoms with Crippen molar-refractivity contribution in [3.8, 4) is 11.5 Å². The molecule has 0 aromatic heterocycles. The number of nitrogens with two attached hydrogens (primary N) is 1. The van der Waals surface area contributed by atoms with E-state index in [4.69, 9.17) is 15.3 Å². The zero-order valence-corrected chi connectivity index (χ0v) is 13.2. The van der Waals surface area contributed by atoms with Crippen molar-refractivity contribution in [2.45, 2.75) is 51.0 Å². The van der Waals surface area contributed by atoms with Crippen LogP contribution in [0.5, 0.6) is 11.5 Å². The first-order valence-corrected chi connectivity index (χ1v) is 7.96. The first-order valence-electron chi connectivity index (χ1n) is 7.96. The van der Waals surface area contributed by atoms with Crippen LogP contribution in [0.2, 0.25) is 0 Å². The first-order chi connectivity index (χ1) is 10.3. The summed E-state index contributed by atoms with van der Waals surface area (Å²) in [5.74, 6) is 8.25. The maximum absolute atomic E-state index is 5.77. The second-order valence-corrected chi connectivity index (χ2v) is 5.95. The molecule has 0 saturated heterocycles. The highest BCUT2D eigenvalue weighted by molar-refractivity contribution is 5.39. The van der Waals surface area contributed by atoms with Crippen molar-refractivity contribution in [3.63, 3.8) is 0 Å². The summed E-state index contributed by atoms with van der Waals surface area (Å²) in [6.07, 6.45) is 9.21. The summed E-state index contributed by atoms with van der Waals surface area (Å²) in [5.41, 5.74) is 4.08. The predicted molar refractivity (Wildman–Crippen MR) is 85.4 cm³/mol. The van der Waals surface area contributed by atoms with Crippen molar-refractivity contribution in [1.29, 1.82) is 0 Å². The molecule has 0 aliphatic heterocycles. The highest BCUT2D eigenvalue weighted by Crippen LogP contribution is 2.32. The third kappa shape index (κ3) is 4.61. The Kier molecular flexibility index (Phi) is 6.33. The molecule has 3 N–H and O–H groups in total. The molecule has 0 heterocycles. The van der Waals surface area contributed by atoms with Gasteiger partial charge in [-0.3, -0.25) is 11.3 Å². The van der Waals surface area contributed by atoms with Crippen LogP contribution in [0, 0.1) is 5.92 Å². The number of hydrogen-bond acceptors (Lipinski definition) is 4. The lowest BCUT2D eigenvalue weighted by Crippen LogP contribution is -2.28. The SMILES string of the molecule is COc1cc(OC)cc(C(CCC2CCCCC2)NN)c1. The Morgan fingerprint density at radius 1 is 1.10 bits per heavy atom. The zero-order chi connectivity index (χ0) is 15.1. The molecule has 1 aromatic rings. The number of rotatable bonds is 7. The average Bonchev–Trinajstić information content (AvgIpc) is 2.56. The van der Waals surface area contributed by atoms with Crippen LogP contribution in [-0.2, 0) is 0 Å². The maximum Gasteiger partial charge on any atom is 0.122 e. The summed E-state index contributed by atoms with van der Waals surface area (Å²) >= 11 is 0. The zero-order valence-electron chi connectivity index (χ0n) is 13.2. The van der Waals surface area contributed by atoms with Crippen LogP contribution in [0.1, 0.15) is 56.6 Å². The Morgan fingerprint density at radius 2 is 1.71 bits per heavy atom. The Balaban J connectivity index is 2.01. The fourth-order valence-corrected chi connectivity index (χ4v) is 3.26. The lowest BCUT2D eigenvalue weighted by molar-refractivity contribution is 0.314. The fourth-order valence-electron chi connectivity index (χ4n) is 3.26. The molecule has 0 radical (unpaired) electrons. The van der Waals surface area contributed by atoms with E-state index in [9.17, 15) is 0 Å². The molecule has 4 nitrogen and oxygen atoms in total. The molecule has 2 rings (SSSR count). The smallest absolute Gasteiger partial charge is 0.122 e. The van der Waals surface area contributed by atoms with E-state index in [0.29, 0.717) is 0 Å². The number of benzene rings is 1. The van der Waals surface area contributed by atoms with Gasteiger partial charge in [0.05, 0.1) is 14.2 Å². The molecular weight excluding hydrogens is 264 g/mol. The molecule has 0 spiro atoms. The third-order valence-electron chi connectivity index (χ3n) is 4.57. The van der Waals surface area contributed by atoms with Crippen molar-refractivity contribution in [2.75, 3.05) is 14.2 Å². The van der Waals surface area contributed by atoms with Gasteiger partial charge in [-0.15, -0.1) is 0 Å². The van der Waals surface area contributed by atoms with Gasteiger partial charge in [-0.25, -0.2) is 0 Å². The minimum atomic E-state index is 0.149. The molecule has 4 heteroatoms. The fraction of sp³-hybridized carbons (Fsp3) is 0.647. The summed E-state index contributed by atoms with van der Waals surface area (Å²) < 4.78 is 10.7. The van der Waals surface area contributed by atoms with Crippen molar-refractivity contribution >= 4 is 0 Å². The minimum absolute atomic E-state index is 0.149. The van der Waals surface area contributed by atoms with Crippen molar-refractivity contribution < 1.29 is 9.47 Å². The van der Waals surface area contributed by atoms with Gasteiger partial charge in [0.1, 0.15) is 11.5 Å². The van der Waals surface area contributed by atoms with Crippen LogP contribution in [0.25, 0.3) is 0 Å². The van der Waals surface area contributed by atoms with Gasteiger partial charge in [-0.05, 0) is 36.5 Å². The maximum atomic E-state index is 5.77. The van der Waals surface area contributed by atoms with Gasteiger partial charge >= 0.3 is 0 Å². The van der Waals surface area contributed by atoms with E-state index in [0.717, 1.165) is 29.4 Å². The minimum Gasteiger partial charge on any atom is -0.497 e. The molecule has 1 saturated carbocycles. The van der Waals surface area contributed by atoms with Gasteiger partial charge in [-0.1, -0.05) is 32.1 Å². The van der Waals surface area contributed by atoms with Gasteiger partial charge in [-0.2, -0.15) is 0 Å². The summed E-state index contributed by atoms with van der Waals surface area (Å²) in [7, 11) is 3.34. The topological polar surface area (TPSA) is 56.5 Å². The molecule has 118 valence electrons. The molecule has 1 fully saturated rings. The highest BCUT2D eigenvalue weighted by atomic mass is 16.5. The van der Waals surface area contributed by atoms with Gasteiger partial charge in [0.15, 0.2) is 0 Å². The monoisotopic (exact) mass is 292 g/mol. The number of hydrogen-bond donors (Lipinski definition) is 2. The van der Waals surface area contributed by atoms with E-state index in [1.165, 1.54) is 38.5 Å². The third-order valence-corrected chi connectivity index (χ3v) is 4.57. The van der Waals surface area contributed by atoms with Gasteiger partial charge in [0.2, 0.25) is 0 Å². The molecule has 0 amide bonds. The van der Waals surface area contributed by atoms with Crippen molar-refractivity contribution in [3.05, 3.63) is 23.8 Å². The summed E-state index contributed by atoms with van der Waals surface area (Å²) in [5, 5.41) is 0. The molecule has 21 heavy (non-hydrogen) atoms. The van der Waals surface area contributed by atoms with Crippen LogP contribution in [0.4, 0.5) is 0 Å². The molecule has 0 bridgehead atoms. The van der Waals surface area contributed by atoms with Crippen LogP contribution < -0.4 is 20.7 Å². The van der Waals surface area contributed by atoms with E-state index in [2.05, 4.69) is 5.43 Å². The van der Waals surface area contributed by atoms with Crippen LogP contribution in [0.3, 0.4) is 0 Å². The van der Waals surface area contributed by atoms with Gasteiger partial charge < -0.3 is 9.47 Å². The lowest BCUT2D eigenvalue weighted by Gasteiger charge is -2.24. The van der Waals surface area contributed by atoms with E-state index in [1.54, 1.807) is 14.2 Å². The summed E-state index contributed by atoms with van der Waals surface area (Å²) in [6, 6.07) is 6.11. The Morgan fingerprint density at radius 3 is 2.24 bits per heavy atom. The lowest BCUT2D eigenvalue weighted by atomic mass is 9.84. The quantitative estimate of drug-likeness (QED) is 0.596. The Bertz CT molecular complexity index is 409. The number of ether oxygens (including phenoxy) is 2. The molecule has 1 aromatic carbocycles. The second-order valence-electron chi connectivity index (χ2n) is 5.95. The molecule has 1 atom stereocenters. The van der Waals surface area contributed by atoms with Crippen LogP contribution in [-0.4, -0.2) is 14.2 Å². The normalized spacial score (nSPS) is 17.5. The Hall–Kier alpha value is -1.26. The largest absolute Gasteiger partial charge is 0.497 e. The predicted octanol–water partition coefficient (Wildman–Crippen LogP) is 3.57. The van der Waals surface area contributed by atoms with Gasteiger partial charge in [0.25, 0.3) is 0 Å². The van der Waals surface area contributed by atoms with Gasteiger partial charge in [0, 0.05) is 12.1 Å². The van der Waals surface area contributed by atoms with E-state index < -0.39 is 0 Å². The number of nitrogens with one attached hydrogen (secondary N) is 1. The summed E-state index contributed by atoms with van der Waals surface area (Å²) in [4.78, 5) is 0. The highest BCUT2D eigenvalue weighted by Gasteiger charge is 2.18. The first kappa shape index (κ1) is 16.1. The average molecular weight is 292 g/mol. The van der Waals surface area contributed by atoms with E-state index in [-0.39, 0.29) is 6.04 Å². The van der Waals surface area contributed by atoms with Crippen molar-refractivity contribution in [1.82, 2.24) is 5.43 Å². The second kappa shape index (κ2) is 8.25. The molecule has 1 aliphatic carbocycles.